The maximum atomic E-state index is 12.7. The molecular formula is C18H26N2O. The van der Waals surface area contributed by atoms with E-state index in [2.05, 4.69) is 30.4 Å². The van der Waals surface area contributed by atoms with Gasteiger partial charge in [-0.1, -0.05) is 50.3 Å². The Labute approximate surface area is 127 Å². The zero-order valence-corrected chi connectivity index (χ0v) is 13.0. The molecular weight excluding hydrogens is 260 g/mol. The molecule has 3 nitrogen and oxygen atoms in total. The van der Waals surface area contributed by atoms with Crippen LogP contribution in [-0.2, 0) is 6.42 Å². The quantitative estimate of drug-likeness (QED) is 0.822. The largest absolute Gasteiger partial charge is 0.335 e. The lowest BCUT2D eigenvalue weighted by Crippen LogP contribution is -2.47. The van der Waals surface area contributed by atoms with Crippen LogP contribution < -0.4 is 10.2 Å². The summed E-state index contributed by atoms with van der Waals surface area (Å²) in [5.74, 6) is 0. The smallest absolute Gasteiger partial charge is 0.322 e. The van der Waals surface area contributed by atoms with Gasteiger partial charge in [0.25, 0.3) is 0 Å². The first kappa shape index (κ1) is 14.4. The van der Waals surface area contributed by atoms with Gasteiger partial charge in [0, 0.05) is 17.8 Å². The van der Waals surface area contributed by atoms with Gasteiger partial charge in [0.05, 0.1) is 0 Å². The van der Waals surface area contributed by atoms with Crippen molar-refractivity contribution in [3.8, 4) is 0 Å². The Morgan fingerprint density at radius 3 is 2.52 bits per heavy atom. The number of fused-ring (bicyclic) bond motifs is 1. The van der Waals surface area contributed by atoms with E-state index in [9.17, 15) is 4.79 Å². The first-order valence-electron chi connectivity index (χ1n) is 8.43. The third-order valence-electron chi connectivity index (χ3n) is 4.86. The van der Waals surface area contributed by atoms with Crippen LogP contribution in [0.3, 0.4) is 0 Å². The second-order valence-corrected chi connectivity index (χ2v) is 6.54. The number of rotatable bonds is 1. The summed E-state index contributed by atoms with van der Waals surface area (Å²) in [5, 5.41) is 3.29. The van der Waals surface area contributed by atoms with Crippen molar-refractivity contribution >= 4 is 11.7 Å². The molecule has 21 heavy (non-hydrogen) atoms. The third-order valence-corrected chi connectivity index (χ3v) is 4.86. The molecule has 1 saturated carbocycles. The molecule has 0 spiro atoms. The van der Waals surface area contributed by atoms with E-state index in [0.29, 0.717) is 6.04 Å². The van der Waals surface area contributed by atoms with Crippen LogP contribution in [0.25, 0.3) is 0 Å². The number of nitrogens with one attached hydrogen (secondary N) is 1. The van der Waals surface area contributed by atoms with E-state index in [4.69, 9.17) is 0 Å². The maximum absolute atomic E-state index is 12.7. The lowest BCUT2D eigenvalue weighted by atomic mass is 9.97. The van der Waals surface area contributed by atoms with Crippen molar-refractivity contribution in [2.45, 2.75) is 70.4 Å². The van der Waals surface area contributed by atoms with Gasteiger partial charge in [0.1, 0.15) is 0 Å². The van der Waals surface area contributed by atoms with E-state index in [1.807, 2.05) is 11.0 Å². The molecule has 2 amide bonds. The van der Waals surface area contributed by atoms with Crippen LogP contribution in [0.5, 0.6) is 0 Å². The first-order valence-corrected chi connectivity index (χ1v) is 8.43. The summed E-state index contributed by atoms with van der Waals surface area (Å²) in [6.07, 6.45) is 9.72. The van der Waals surface area contributed by atoms with Crippen LogP contribution in [-0.4, -0.2) is 18.1 Å². The predicted molar refractivity (Wildman–Crippen MR) is 86.7 cm³/mol. The molecule has 1 heterocycles. The van der Waals surface area contributed by atoms with E-state index >= 15 is 0 Å². The molecule has 1 aromatic rings. The van der Waals surface area contributed by atoms with Crippen molar-refractivity contribution in [2.75, 3.05) is 4.90 Å². The number of urea groups is 1. The molecule has 1 aliphatic carbocycles. The Balaban J connectivity index is 1.67. The van der Waals surface area contributed by atoms with Gasteiger partial charge in [0.15, 0.2) is 0 Å². The second kappa shape index (κ2) is 6.50. The van der Waals surface area contributed by atoms with E-state index in [0.717, 1.165) is 24.9 Å². The monoisotopic (exact) mass is 286 g/mol. The minimum atomic E-state index is 0.0954. The van der Waals surface area contributed by atoms with Crippen LogP contribution >= 0.6 is 0 Å². The van der Waals surface area contributed by atoms with Gasteiger partial charge in [-0.25, -0.2) is 4.79 Å². The van der Waals surface area contributed by atoms with Crippen molar-refractivity contribution < 1.29 is 4.79 Å². The number of amides is 2. The topological polar surface area (TPSA) is 32.3 Å². The molecule has 3 heteroatoms. The highest BCUT2D eigenvalue weighted by Gasteiger charge is 2.31. The molecule has 1 atom stereocenters. The maximum Gasteiger partial charge on any atom is 0.322 e. The van der Waals surface area contributed by atoms with Crippen LogP contribution in [0.4, 0.5) is 10.5 Å². The summed E-state index contributed by atoms with van der Waals surface area (Å²) in [6.45, 7) is 2.14. The lowest BCUT2D eigenvalue weighted by molar-refractivity contribution is 0.238. The minimum Gasteiger partial charge on any atom is -0.335 e. The third kappa shape index (κ3) is 3.22. The Bertz CT molecular complexity index is 492. The molecule has 0 saturated heterocycles. The Kier molecular flexibility index (Phi) is 4.47. The number of para-hydroxylation sites is 1. The van der Waals surface area contributed by atoms with Crippen LogP contribution in [0.2, 0.25) is 0 Å². The molecule has 1 N–H and O–H groups in total. The van der Waals surface area contributed by atoms with Crippen molar-refractivity contribution in [2.24, 2.45) is 0 Å². The standard InChI is InChI=1S/C18H26N2O/c1-14-13-15-9-7-8-12-17(15)20(14)18(21)19-16-10-5-3-2-4-6-11-16/h7-9,12,14,16H,2-6,10-11,13H2,1H3,(H,19,21)/t14-/m1/s1. The highest BCUT2D eigenvalue weighted by molar-refractivity contribution is 5.95. The van der Waals surface area contributed by atoms with Crippen molar-refractivity contribution in [1.82, 2.24) is 5.32 Å². The molecule has 3 rings (SSSR count). The van der Waals surface area contributed by atoms with Crippen molar-refractivity contribution in [1.29, 1.82) is 0 Å². The molecule has 0 bridgehead atoms. The molecule has 2 aliphatic rings. The number of carbonyl (C=O) groups excluding carboxylic acids is 1. The van der Waals surface area contributed by atoms with Gasteiger partial charge < -0.3 is 5.32 Å². The predicted octanol–water partition coefficient (Wildman–Crippen LogP) is 4.26. The molecule has 0 radical (unpaired) electrons. The van der Waals surface area contributed by atoms with Crippen LogP contribution in [0.15, 0.2) is 24.3 Å². The molecule has 1 aromatic carbocycles. The molecule has 1 fully saturated rings. The number of nitrogens with zero attached hydrogens (tertiary/aromatic N) is 1. The second-order valence-electron chi connectivity index (χ2n) is 6.54. The molecule has 114 valence electrons. The Morgan fingerprint density at radius 1 is 1.10 bits per heavy atom. The average molecular weight is 286 g/mol. The lowest BCUT2D eigenvalue weighted by Gasteiger charge is -2.27. The van der Waals surface area contributed by atoms with Gasteiger partial charge in [-0.2, -0.15) is 0 Å². The van der Waals surface area contributed by atoms with Gasteiger partial charge in [-0.15, -0.1) is 0 Å². The number of benzene rings is 1. The van der Waals surface area contributed by atoms with Gasteiger partial charge in [0.2, 0.25) is 0 Å². The van der Waals surface area contributed by atoms with Crippen LogP contribution in [0.1, 0.15) is 57.4 Å². The zero-order chi connectivity index (χ0) is 14.7. The highest BCUT2D eigenvalue weighted by Crippen LogP contribution is 2.32. The van der Waals surface area contributed by atoms with E-state index in [1.165, 1.54) is 37.7 Å². The number of carbonyl (C=O) groups is 1. The molecule has 0 aromatic heterocycles. The fourth-order valence-corrected chi connectivity index (χ4v) is 3.72. The Hall–Kier alpha value is -1.51. The minimum absolute atomic E-state index is 0.0954. The SMILES string of the molecule is C[C@@H]1Cc2ccccc2N1C(=O)NC1CCCCCCC1. The number of hydrogen-bond acceptors (Lipinski definition) is 1. The zero-order valence-electron chi connectivity index (χ0n) is 13.0. The average Bonchev–Trinajstić information content (AvgIpc) is 2.77. The Morgan fingerprint density at radius 2 is 1.76 bits per heavy atom. The fourth-order valence-electron chi connectivity index (χ4n) is 3.72. The van der Waals surface area contributed by atoms with Gasteiger partial charge in [-0.05, 0) is 37.8 Å². The van der Waals surface area contributed by atoms with E-state index in [-0.39, 0.29) is 12.1 Å². The van der Waals surface area contributed by atoms with E-state index in [1.54, 1.807) is 0 Å². The summed E-state index contributed by atoms with van der Waals surface area (Å²) < 4.78 is 0. The summed E-state index contributed by atoms with van der Waals surface area (Å²) in [7, 11) is 0. The molecule has 0 unspecified atom stereocenters. The fraction of sp³-hybridized carbons (Fsp3) is 0.611. The number of anilines is 1. The summed E-state index contributed by atoms with van der Waals surface area (Å²) >= 11 is 0. The van der Waals surface area contributed by atoms with Crippen molar-refractivity contribution in [3.05, 3.63) is 29.8 Å². The van der Waals surface area contributed by atoms with Gasteiger partial charge >= 0.3 is 6.03 Å². The summed E-state index contributed by atoms with van der Waals surface area (Å²) in [4.78, 5) is 14.7. The van der Waals surface area contributed by atoms with Crippen LogP contribution in [0, 0.1) is 0 Å². The highest BCUT2D eigenvalue weighted by atomic mass is 16.2. The summed E-state index contributed by atoms with van der Waals surface area (Å²) in [6, 6.07) is 8.99. The summed E-state index contributed by atoms with van der Waals surface area (Å²) in [5.41, 5.74) is 2.38. The number of hydrogen-bond donors (Lipinski definition) is 1. The van der Waals surface area contributed by atoms with E-state index < -0.39 is 0 Å². The van der Waals surface area contributed by atoms with Crippen molar-refractivity contribution in [3.63, 3.8) is 0 Å². The first-order chi connectivity index (χ1) is 10.3. The van der Waals surface area contributed by atoms with Gasteiger partial charge in [-0.3, -0.25) is 4.90 Å². The molecule has 1 aliphatic heterocycles. The normalized spacial score (nSPS) is 23.3.